The summed E-state index contributed by atoms with van der Waals surface area (Å²) < 4.78 is 32.4. The second-order valence-electron chi connectivity index (χ2n) is 6.19. The van der Waals surface area contributed by atoms with Crippen LogP contribution in [0.5, 0.6) is 0 Å². The molecule has 0 bridgehead atoms. The van der Waals surface area contributed by atoms with Gasteiger partial charge in [0, 0.05) is 25.3 Å². The minimum Gasteiger partial charge on any atom is -0.372 e. The monoisotopic (exact) mass is 349 g/mol. The zero-order valence-corrected chi connectivity index (χ0v) is 14.9. The predicted octanol–water partition coefficient (Wildman–Crippen LogP) is 2.76. The highest BCUT2D eigenvalue weighted by Gasteiger charge is 2.23. The zero-order valence-electron chi connectivity index (χ0n) is 14.1. The Bertz CT molecular complexity index is 771. The molecule has 1 fully saturated rings. The van der Waals surface area contributed by atoms with E-state index in [1.54, 1.807) is 13.8 Å². The number of aryl methyl sites for hydroxylation is 2. The third kappa shape index (κ3) is 3.62. The lowest BCUT2D eigenvalue weighted by Gasteiger charge is -2.28. The van der Waals surface area contributed by atoms with Gasteiger partial charge in [0.1, 0.15) is 10.6 Å². The molecule has 1 saturated heterocycles. The van der Waals surface area contributed by atoms with Crippen molar-refractivity contribution in [3.05, 3.63) is 41.3 Å². The number of benzene rings is 1. The van der Waals surface area contributed by atoms with Gasteiger partial charge in [0.2, 0.25) is 10.0 Å². The lowest BCUT2D eigenvalue weighted by atomic mass is 10.1. The summed E-state index contributed by atoms with van der Waals surface area (Å²) in [4.78, 5) is 2.51. The molecule has 1 aromatic heterocycles. The number of anilines is 1. The van der Waals surface area contributed by atoms with Crippen molar-refractivity contribution in [2.75, 3.05) is 18.0 Å². The van der Waals surface area contributed by atoms with E-state index >= 15 is 0 Å². The Kier molecular flexibility index (Phi) is 4.91. The smallest absolute Gasteiger partial charge is 0.246 e. The summed E-state index contributed by atoms with van der Waals surface area (Å²) in [5.74, 6) is 0.306. The van der Waals surface area contributed by atoms with E-state index in [-0.39, 0.29) is 11.4 Å². The fourth-order valence-corrected chi connectivity index (χ4v) is 4.43. The fourth-order valence-electron chi connectivity index (χ4n) is 3.09. The second-order valence-corrected chi connectivity index (χ2v) is 7.90. The fraction of sp³-hybridized carbons (Fsp3) is 0.471. The maximum atomic E-state index is 12.4. The number of aromatic nitrogens is 1. The largest absolute Gasteiger partial charge is 0.372 e. The molecule has 6 nitrogen and oxygen atoms in total. The normalized spacial score (nSPS) is 15.7. The molecule has 1 N–H and O–H groups in total. The van der Waals surface area contributed by atoms with E-state index in [1.807, 2.05) is 12.1 Å². The quantitative estimate of drug-likeness (QED) is 0.898. The summed E-state index contributed by atoms with van der Waals surface area (Å²) in [5.41, 5.74) is 2.50. The zero-order chi connectivity index (χ0) is 17.2. The molecule has 24 heavy (non-hydrogen) atoms. The Morgan fingerprint density at radius 3 is 2.38 bits per heavy atom. The van der Waals surface area contributed by atoms with Crippen LogP contribution in [0.25, 0.3) is 0 Å². The predicted molar refractivity (Wildman–Crippen MR) is 92.5 cm³/mol. The molecule has 0 spiro atoms. The van der Waals surface area contributed by atoms with E-state index in [0.29, 0.717) is 11.5 Å². The third-order valence-corrected chi connectivity index (χ3v) is 6.01. The Labute approximate surface area is 142 Å². The van der Waals surface area contributed by atoms with Gasteiger partial charge in [-0.1, -0.05) is 17.3 Å². The Balaban J connectivity index is 1.66. The number of hydrogen-bond donors (Lipinski definition) is 1. The van der Waals surface area contributed by atoms with Crippen LogP contribution in [0.4, 0.5) is 5.69 Å². The van der Waals surface area contributed by atoms with E-state index in [2.05, 4.69) is 26.9 Å². The molecule has 7 heteroatoms. The van der Waals surface area contributed by atoms with Crippen molar-refractivity contribution in [1.29, 1.82) is 0 Å². The highest BCUT2D eigenvalue weighted by molar-refractivity contribution is 7.89. The van der Waals surface area contributed by atoms with Crippen molar-refractivity contribution >= 4 is 15.7 Å². The molecular weight excluding hydrogens is 326 g/mol. The van der Waals surface area contributed by atoms with Crippen molar-refractivity contribution < 1.29 is 12.9 Å². The average molecular weight is 349 g/mol. The molecule has 0 aliphatic carbocycles. The van der Waals surface area contributed by atoms with Gasteiger partial charge in [0.05, 0.1) is 0 Å². The van der Waals surface area contributed by atoms with E-state index in [0.717, 1.165) is 18.7 Å². The highest BCUT2D eigenvalue weighted by Crippen LogP contribution is 2.21. The van der Waals surface area contributed by atoms with Crippen molar-refractivity contribution in [2.45, 2.75) is 44.6 Å². The minimum absolute atomic E-state index is 0.132. The topological polar surface area (TPSA) is 75.4 Å². The van der Waals surface area contributed by atoms with Crippen LogP contribution >= 0.6 is 0 Å². The van der Waals surface area contributed by atoms with Gasteiger partial charge in [-0.2, -0.15) is 0 Å². The number of rotatable bonds is 5. The number of nitrogens with one attached hydrogen (secondary N) is 1. The van der Waals surface area contributed by atoms with E-state index in [9.17, 15) is 8.42 Å². The second kappa shape index (κ2) is 6.94. The SMILES string of the molecule is Cc1noc(C)c1S(=O)(=O)NCc1ccc(N2CCCCC2)cc1. The van der Waals surface area contributed by atoms with Crippen LogP contribution in [0.2, 0.25) is 0 Å². The van der Waals surface area contributed by atoms with Gasteiger partial charge in [0.15, 0.2) is 5.76 Å². The van der Waals surface area contributed by atoms with Crippen LogP contribution in [0.3, 0.4) is 0 Å². The van der Waals surface area contributed by atoms with Crippen LogP contribution < -0.4 is 9.62 Å². The van der Waals surface area contributed by atoms with Crippen molar-refractivity contribution in [3.63, 3.8) is 0 Å². The molecule has 0 unspecified atom stereocenters. The first-order chi connectivity index (χ1) is 11.5. The first-order valence-corrected chi connectivity index (χ1v) is 9.72. The van der Waals surface area contributed by atoms with Gasteiger partial charge in [-0.3, -0.25) is 0 Å². The van der Waals surface area contributed by atoms with Crippen LogP contribution in [-0.2, 0) is 16.6 Å². The van der Waals surface area contributed by atoms with E-state index < -0.39 is 10.0 Å². The van der Waals surface area contributed by atoms with Crippen molar-refractivity contribution in [1.82, 2.24) is 9.88 Å². The standard InChI is InChI=1S/C17H23N3O3S/c1-13-17(14(2)23-19-13)24(21,22)18-12-15-6-8-16(9-7-15)20-10-4-3-5-11-20/h6-9,18H,3-5,10-12H2,1-2H3. The average Bonchev–Trinajstić information content (AvgIpc) is 2.94. The number of piperidine rings is 1. The molecular formula is C17H23N3O3S. The lowest BCUT2D eigenvalue weighted by molar-refractivity contribution is 0.390. The molecule has 1 aliphatic rings. The first-order valence-electron chi connectivity index (χ1n) is 8.24. The Morgan fingerprint density at radius 1 is 1.12 bits per heavy atom. The molecule has 130 valence electrons. The number of hydrogen-bond acceptors (Lipinski definition) is 5. The summed E-state index contributed by atoms with van der Waals surface area (Å²) in [6.07, 6.45) is 3.77. The van der Waals surface area contributed by atoms with Gasteiger partial charge >= 0.3 is 0 Å². The molecule has 1 aliphatic heterocycles. The molecule has 3 rings (SSSR count). The minimum atomic E-state index is -3.62. The van der Waals surface area contributed by atoms with E-state index in [1.165, 1.54) is 24.9 Å². The highest BCUT2D eigenvalue weighted by atomic mass is 32.2. The first kappa shape index (κ1) is 17.0. The molecule has 1 aromatic carbocycles. The summed E-state index contributed by atoms with van der Waals surface area (Å²) in [5, 5.41) is 3.70. The summed E-state index contributed by atoms with van der Waals surface area (Å²) in [6.45, 7) is 5.66. The summed E-state index contributed by atoms with van der Waals surface area (Å²) in [7, 11) is -3.62. The van der Waals surface area contributed by atoms with Gasteiger partial charge in [-0.15, -0.1) is 0 Å². The molecule has 2 heterocycles. The number of nitrogens with zero attached hydrogens (tertiary/aromatic N) is 2. The van der Waals surface area contributed by atoms with Crippen molar-refractivity contribution in [3.8, 4) is 0 Å². The van der Waals surface area contributed by atoms with Crippen LogP contribution in [0.15, 0.2) is 33.7 Å². The van der Waals surface area contributed by atoms with Gasteiger partial charge in [-0.05, 0) is 50.8 Å². The lowest BCUT2D eigenvalue weighted by Crippen LogP contribution is -2.29. The van der Waals surface area contributed by atoms with Crippen LogP contribution in [0.1, 0.15) is 36.3 Å². The Hall–Kier alpha value is -1.86. The van der Waals surface area contributed by atoms with Crippen LogP contribution in [0, 0.1) is 13.8 Å². The maximum Gasteiger partial charge on any atom is 0.246 e. The molecule has 0 saturated carbocycles. The van der Waals surface area contributed by atoms with Crippen molar-refractivity contribution in [2.24, 2.45) is 0 Å². The van der Waals surface area contributed by atoms with E-state index in [4.69, 9.17) is 4.52 Å². The van der Waals surface area contributed by atoms with Gasteiger partial charge < -0.3 is 9.42 Å². The molecule has 0 amide bonds. The molecule has 2 aromatic rings. The van der Waals surface area contributed by atoms with Gasteiger partial charge in [-0.25, -0.2) is 13.1 Å². The van der Waals surface area contributed by atoms with Crippen LogP contribution in [-0.4, -0.2) is 26.7 Å². The maximum absolute atomic E-state index is 12.4. The summed E-state index contributed by atoms with van der Waals surface area (Å²) in [6, 6.07) is 8.06. The third-order valence-electron chi connectivity index (χ3n) is 4.36. The number of sulfonamides is 1. The summed E-state index contributed by atoms with van der Waals surface area (Å²) >= 11 is 0. The molecule has 0 radical (unpaired) electrons. The molecule has 0 atom stereocenters. The van der Waals surface area contributed by atoms with Gasteiger partial charge in [0.25, 0.3) is 0 Å². The Morgan fingerprint density at radius 2 is 1.79 bits per heavy atom.